The maximum atomic E-state index is 12.1. The van der Waals surface area contributed by atoms with Crippen LogP contribution < -0.4 is 16.4 Å². The molecule has 0 aromatic rings. The van der Waals surface area contributed by atoms with Gasteiger partial charge >= 0.3 is 5.97 Å². The first-order valence-electron chi connectivity index (χ1n) is 7.55. The molecule has 23 heavy (non-hydrogen) atoms. The summed E-state index contributed by atoms with van der Waals surface area (Å²) in [7, 11) is 1.23. The smallest absolute Gasteiger partial charge is 0.330 e. The van der Waals surface area contributed by atoms with Crippen molar-refractivity contribution in [3.8, 4) is 0 Å². The van der Waals surface area contributed by atoms with Crippen molar-refractivity contribution >= 4 is 17.8 Å². The van der Waals surface area contributed by atoms with Crippen molar-refractivity contribution < 1.29 is 28.6 Å². The molecule has 0 aromatic heterocycles. The molecule has 2 amide bonds. The van der Waals surface area contributed by atoms with Crippen LogP contribution in [0.25, 0.3) is 0 Å². The number of esters is 1. The van der Waals surface area contributed by atoms with Gasteiger partial charge < -0.3 is 30.6 Å². The summed E-state index contributed by atoms with van der Waals surface area (Å²) in [6, 6.07) is -2.64. The van der Waals surface area contributed by atoms with Gasteiger partial charge in [-0.15, -0.1) is 0 Å². The SMILES string of the molecule is COC(=O)[C@@H]1COCCCCOC[C@H](N)C(=O)N[C@@H](C)C(=O)N1. The Bertz CT molecular complexity index is 417. The molecule has 0 unspecified atom stereocenters. The number of carbonyl (C=O) groups excluding carboxylic acids is 3. The molecule has 1 aliphatic rings. The number of ether oxygens (including phenoxy) is 3. The second kappa shape index (κ2) is 10.1. The Labute approximate surface area is 135 Å². The Kier molecular flexibility index (Phi) is 8.52. The number of rotatable bonds is 1. The van der Waals surface area contributed by atoms with Crippen LogP contribution in [0, 0.1) is 0 Å². The van der Waals surface area contributed by atoms with Crippen LogP contribution in [0.1, 0.15) is 19.8 Å². The molecule has 4 N–H and O–H groups in total. The molecular weight excluding hydrogens is 306 g/mol. The minimum atomic E-state index is -0.929. The number of nitrogens with two attached hydrogens (primary N) is 1. The zero-order valence-electron chi connectivity index (χ0n) is 13.5. The summed E-state index contributed by atoms with van der Waals surface area (Å²) in [5.74, 6) is -1.63. The van der Waals surface area contributed by atoms with Crippen molar-refractivity contribution in [1.82, 2.24) is 10.6 Å². The van der Waals surface area contributed by atoms with E-state index in [0.717, 1.165) is 12.8 Å². The number of amides is 2. The summed E-state index contributed by atoms with van der Waals surface area (Å²) in [4.78, 5) is 35.6. The van der Waals surface area contributed by atoms with Crippen LogP contribution in [-0.2, 0) is 28.6 Å². The first kappa shape index (κ1) is 19.3. The van der Waals surface area contributed by atoms with Gasteiger partial charge in [0.1, 0.15) is 12.1 Å². The van der Waals surface area contributed by atoms with Gasteiger partial charge in [0.15, 0.2) is 6.04 Å². The third-order valence-electron chi connectivity index (χ3n) is 3.30. The summed E-state index contributed by atoms with van der Waals surface area (Å²) in [5.41, 5.74) is 5.70. The summed E-state index contributed by atoms with van der Waals surface area (Å²) in [5, 5.41) is 4.97. The summed E-state index contributed by atoms with van der Waals surface area (Å²) >= 11 is 0. The van der Waals surface area contributed by atoms with E-state index in [9.17, 15) is 14.4 Å². The van der Waals surface area contributed by atoms with E-state index in [2.05, 4.69) is 15.4 Å². The zero-order valence-corrected chi connectivity index (χ0v) is 13.5. The number of methoxy groups -OCH3 is 1. The lowest BCUT2D eigenvalue weighted by atomic mass is 10.2. The highest BCUT2D eigenvalue weighted by atomic mass is 16.5. The first-order chi connectivity index (χ1) is 11.0. The van der Waals surface area contributed by atoms with Crippen LogP contribution >= 0.6 is 0 Å². The van der Waals surface area contributed by atoms with Crippen LogP contribution in [0.3, 0.4) is 0 Å². The fourth-order valence-electron chi connectivity index (χ4n) is 1.89. The second-order valence-corrected chi connectivity index (χ2v) is 5.28. The zero-order chi connectivity index (χ0) is 17.2. The van der Waals surface area contributed by atoms with E-state index < -0.39 is 35.9 Å². The molecule has 0 aliphatic carbocycles. The number of hydrogen-bond donors (Lipinski definition) is 3. The summed E-state index contributed by atoms with van der Waals surface area (Å²) in [6.45, 7) is 2.45. The molecule has 132 valence electrons. The maximum Gasteiger partial charge on any atom is 0.330 e. The Morgan fingerprint density at radius 2 is 1.74 bits per heavy atom. The molecule has 0 radical (unpaired) electrons. The highest BCUT2D eigenvalue weighted by Crippen LogP contribution is 1.98. The molecule has 1 aliphatic heterocycles. The van der Waals surface area contributed by atoms with Gasteiger partial charge in [-0.3, -0.25) is 9.59 Å². The van der Waals surface area contributed by atoms with Crippen molar-refractivity contribution in [3.63, 3.8) is 0 Å². The van der Waals surface area contributed by atoms with Gasteiger partial charge in [0.2, 0.25) is 11.8 Å². The first-order valence-corrected chi connectivity index (χ1v) is 7.55. The lowest BCUT2D eigenvalue weighted by molar-refractivity contribution is -0.147. The van der Waals surface area contributed by atoms with Gasteiger partial charge in [0, 0.05) is 13.2 Å². The van der Waals surface area contributed by atoms with E-state index in [4.69, 9.17) is 15.2 Å². The number of hydrogen-bond acceptors (Lipinski definition) is 7. The lowest BCUT2D eigenvalue weighted by Gasteiger charge is -2.20. The Balaban J connectivity index is 2.73. The van der Waals surface area contributed by atoms with E-state index in [1.165, 1.54) is 14.0 Å². The average molecular weight is 331 g/mol. The number of carbonyl (C=O) groups is 3. The van der Waals surface area contributed by atoms with Gasteiger partial charge in [0.05, 0.1) is 20.3 Å². The van der Waals surface area contributed by atoms with Gasteiger partial charge in [-0.2, -0.15) is 0 Å². The van der Waals surface area contributed by atoms with Gasteiger partial charge in [-0.05, 0) is 19.8 Å². The normalized spacial score (nSPS) is 28.7. The van der Waals surface area contributed by atoms with Crippen LogP contribution in [0.15, 0.2) is 0 Å². The van der Waals surface area contributed by atoms with Crippen molar-refractivity contribution in [1.29, 1.82) is 0 Å². The van der Waals surface area contributed by atoms with Crippen LogP contribution in [-0.4, -0.2) is 69.4 Å². The molecule has 1 rings (SSSR count). The molecule has 3 atom stereocenters. The highest BCUT2D eigenvalue weighted by molar-refractivity contribution is 5.91. The van der Waals surface area contributed by atoms with Crippen molar-refractivity contribution in [3.05, 3.63) is 0 Å². The molecular formula is C14H25N3O6. The molecule has 0 saturated carbocycles. The molecule has 0 aromatic carbocycles. The minimum absolute atomic E-state index is 0.000545. The molecule has 0 spiro atoms. The Morgan fingerprint density at radius 3 is 2.35 bits per heavy atom. The third-order valence-corrected chi connectivity index (χ3v) is 3.30. The van der Waals surface area contributed by atoms with E-state index in [1.807, 2.05) is 0 Å². The standard InChI is InChI=1S/C14H25N3O6/c1-9-12(18)17-11(14(20)21-2)8-23-6-4-3-5-22-7-10(15)13(19)16-9/h9-11H,3-8,15H2,1-2H3,(H,16,19)(H,17,18)/t9-,10-,11-/m0/s1. The predicted molar refractivity (Wildman–Crippen MR) is 80.4 cm³/mol. The molecule has 9 heteroatoms. The molecule has 9 nitrogen and oxygen atoms in total. The van der Waals surface area contributed by atoms with Crippen molar-refractivity contribution in [2.24, 2.45) is 5.73 Å². The molecule has 1 fully saturated rings. The van der Waals surface area contributed by atoms with Crippen LogP contribution in [0.4, 0.5) is 0 Å². The van der Waals surface area contributed by atoms with E-state index >= 15 is 0 Å². The van der Waals surface area contributed by atoms with E-state index in [1.54, 1.807) is 0 Å². The summed E-state index contributed by atoms with van der Waals surface area (Å²) in [6.07, 6.45) is 1.46. The highest BCUT2D eigenvalue weighted by Gasteiger charge is 2.26. The molecule has 0 bridgehead atoms. The fraction of sp³-hybridized carbons (Fsp3) is 0.786. The molecule has 1 saturated heterocycles. The topological polar surface area (TPSA) is 129 Å². The summed E-state index contributed by atoms with van der Waals surface area (Å²) < 4.78 is 15.3. The Hall–Kier alpha value is -1.71. The van der Waals surface area contributed by atoms with Gasteiger partial charge in [0.25, 0.3) is 0 Å². The average Bonchev–Trinajstić information content (AvgIpc) is 2.54. The van der Waals surface area contributed by atoms with Crippen LogP contribution in [0.5, 0.6) is 0 Å². The third kappa shape index (κ3) is 6.93. The van der Waals surface area contributed by atoms with E-state index in [-0.39, 0.29) is 13.2 Å². The quantitative estimate of drug-likeness (QED) is 0.489. The fourth-order valence-corrected chi connectivity index (χ4v) is 1.89. The second-order valence-electron chi connectivity index (χ2n) is 5.28. The van der Waals surface area contributed by atoms with Gasteiger partial charge in [-0.25, -0.2) is 4.79 Å². The van der Waals surface area contributed by atoms with Crippen molar-refractivity contribution in [2.75, 3.05) is 33.5 Å². The lowest BCUT2D eigenvalue weighted by Crippen LogP contribution is -2.55. The van der Waals surface area contributed by atoms with Crippen molar-refractivity contribution in [2.45, 2.75) is 37.9 Å². The predicted octanol–water partition coefficient (Wildman–Crippen LogP) is -1.70. The number of nitrogens with one attached hydrogen (secondary N) is 2. The minimum Gasteiger partial charge on any atom is -0.467 e. The Morgan fingerprint density at radius 1 is 1.13 bits per heavy atom. The maximum absolute atomic E-state index is 12.1. The van der Waals surface area contributed by atoms with E-state index in [0.29, 0.717) is 13.2 Å². The van der Waals surface area contributed by atoms with Gasteiger partial charge in [-0.1, -0.05) is 0 Å². The van der Waals surface area contributed by atoms with Crippen LogP contribution in [0.2, 0.25) is 0 Å². The largest absolute Gasteiger partial charge is 0.467 e. The monoisotopic (exact) mass is 331 g/mol. The molecule has 1 heterocycles.